The Labute approximate surface area is 108 Å². The van der Waals surface area contributed by atoms with Crippen LogP contribution in [0.1, 0.15) is 23.7 Å². The van der Waals surface area contributed by atoms with Crippen molar-refractivity contribution in [2.24, 2.45) is 5.73 Å². The van der Waals surface area contributed by atoms with Crippen LogP contribution in [0.3, 0.4) is 0 Å². The molecule has 88 valence electrons. The smallest absolute Gasteiger partial charge is 0.252 e. The number of nitrogens with one attached hydrogen (secondary N) is 1. The molecular formula is C11H14BrClN2O. The maximum absolute atomic E-state index is 11.7. The van der Waals surface area contributed by atoms with Gasteiger partial charge in [0, 0.05) is 17.1 Å². The summed E-state index contributed by atoms with van der Waals surface area (Å²) in [7, 11) is 0. The molecule has 5 heteroatoms. The predicted octanol–water partition coefficient (Wildman–Crippen LogP) is 2.57. The van der Waals surface area contributed by atoms with Gasteiger partial charge in [-0.15, -0.1) is 0 Å². The van der Waals surface area contributed by atoms with Gasteiger partial charge < -0.3 is 11.1 Å². The van der Waals surface area contributed by atoms with Gasteiger partial charge in [0.1, 0.15) is 0 Å². The summed E-state index contributed by atoms with van der Waals surface area (Å²) in [6.45, 7) is 2.44. The van der Waals surface area contributed by atoms with Gasteiger partial charge in [0.05, 0.1) is 10.6 Å². The summed E-state index contributed by atoms with van der Waals surface area (Å²) >= 11 is 9.23. The Morgan fingerprint density at radius 3 is 2.88 bits per heavy atom. The second-order valence-corrected chi connectivity index (χ2v) is 4.83. The Balaban J connectivity index is 2.66. The Morgan fingerprint density at radius 2 is 2.31 bits per heavy atom. The normalized spacial score (nSPS) is 12.2. The minimum absolute atomic E-state index is 0.0156. The highest BCUT2D eigenvalue weighted by Gasteiger charge is 2.10. The van der Waals surface area contributed by atoms with E-state index < -0.39 is 0 Å². The fourth-order valence-corrected chi connectivity index (χ4v) is 1.90. The van der Waals surface area contributed by atoms with Gasteiger partial charge >= 0.3 is 0 Å². The van der Waals surface area contributed by atoms with E-state index in [1.165, 1.54) is 0 Å². The third-order valence-electron chi connectivity index (χ3n) is 2.22. The van der Waals surface area contributed by atoms with E-state index in [0.717, 1.165) is 10.9 Å². The van der Waals surface area contributed by atoms with Crippen LogP contribution in [-0.2, 0) is 0 Å². The van der Waals surface area contributed by atoms with Crippen molar-refractivity contribution in [3.8, 4) is 0 Å². The summed E-state index contributed by atoms with van der Waals surface area (Å²) in [6.07, 6.45) is 0.828. The average Bonchev–Trinajstić information content (AvgIpc) is 2.25. The lowest BCUT2D eigenvalue weighted by Crippen LogP contribution is -2.36. The summed E-state index contributed by atoms with van der Waals surface area (Å²) in [5.74, 6) is -0.193. The van der Waals surface area contributed by atoms with Gasteiger partial charge in [-0.2, -0.15) is 0 Å². The zero-order chi connectivity index (χ0) is 12.1. The molecule has 1 rings (SSSR count). The molecule has 1 atom stereocenters. The number of rotatable bonds is 4. The summed E-state index contributed by atoms with van der Waals surface area (Å²) in [6, 6.07) is 5.13. The van der Waals surface area contributed by atoms with E-state index in [2.05, 4.69) is 21.2 Å². The molecule has 0 fully saturated rings. The van der Waals surface area contributed by atoms with E-state index in [0.29, 0.717) is 17.1 Å². The van der Waals surface area contributed by atoms with Crippen molar-refractivity contribution in [1.29, 1.82) is 0 Å². The molecule has 0 aliphatic rings. The average molecular weight is 306 g/mol. The lowest BCUT2D eigenvalue weighted by Gasteiger charge is -2.11. The van der Waals surface area contributed by atoms with Crippen molar-refractivity contribution in [2.75, 3.05) is 6.54 Å². The number of carbonyl (C=O) groups is 1. The van der Waals surface area contributed by atoms with Gasteiger partial charge in [0.15, 0.2) is 0 Å². The quantitative estimate of drug-likeness (QED) is 0.898. The molecule has 16 heavy (non-hydrogen) atoms. The van der Waals surface area contributed by atoms with Crippen LogP contribution in [0.5, 0.6) is 0 Å². The van der Waals surface area contributed by atoms with Crippen LogP contribution in [0.4, 0.5) is 0 Å². The molecule has 0 saturated carbocycles. The molecular weight excluding hydrogens is 291 g/mol. The van der Waals surface area contributed by atoms with Crippen molar-refractivity contribution < 1.29 is 4.79 Å². The molecule has 3 N–H and O–H groups in total. The zero-order valence-electron chi connectivity index (χ0n) is 8.97. The molecule has 1 aromatic rings. The van der Waals surface area contributed by atoms with Crippen LogP contribution in [-0.4, -0.2) is 18.5 Å². The maximum Gasteiger partial charge on any atom is 0.252 e. The van der Waals surface area contributed by atoms with Crippen LogP contribution in [0, 0.1) is 0 Å². The second-order valence-electron chi connectivity index (χ2n) is 3.50. The molecule has 0 bridgehead atoms. The Bertz CT molecular complexity index is 384. The summed E-state index contributed by atoms with van der Waals surface area (Å²) in [4.78, 5) is 11.7. The first-order chi connectivity index (χ1) is 7.54. The fourth-order valence-electron chi connectivity index (χ4n) is 1.14. The highest BCUT2D eigenvalue weighted by atomic mass is 79.9. The molecule has 0 heterocycles. The van der Waals surface area contributed by atoms with E-state index in [-0.39, 0.29) is 11.9 Å². The summed E-state index contributed by atoms with van der Waals surface area (Å²) < 4.78 is 0.847. The van der Waals surface area contributed by atoms with Crippen LogP contribution in [0.25, 0.3) is 0 Å². The van der Waals surface area contributed by atoms with E-state index >= 15 is 0 Å². The third-order valence-corrected chi connectivity index (χ3v) is 3.03. The van der Waals surface area contributed by atoms with Crippen molar-refractivity contribution in [2.45, 2.75) is 19.4 Å². The number of hydrogen-bond donors (Lipinski definition) is 2. The van der Waals surface area contributed by atoms with Crippen molar-refractivity contribution >= 4 is 33.4 Å². The maximum atomic E-state index is 11.7. The molecule has 1 aromatic carbocycles. The van der Waals surface area contributed by atoms with Crippen LogP contribution >= 0.6 is 27.5 Å². The predicted molar refractivity (Wildman–Crippen MR) is 69.8 cm³/mol. The molecule has 0 aliphatic carbocycles. The zero-order valence-corrected chi connectivity index (χ0v) is 11.3. The first kappa shape index (κ1) is 13.5. The Kier molecular flexibility index (Phi) is 5.25. The number of nitrogens with two attached hydrogens (primary N) is 1. The Hall–Kier alpha value is -0.580. The van der Waals surface area contributed by atoms with E-state index in [9.17, 15) is 4.79 Å². The first-order valence-electron chi connectivity index (χ1n) is 5.03. The molecule has 0 spiro atoms. The van der Waals surface area contributed by atoms with Crippen LogP contribution in [0.2, 0.25) is 5.02 Å². The minimum Gasteiger partial charge on any atom is -0.350 e. The van der Waals surface area contributed by atoms with Crippen LogP contribution in [0.15, 0.2) is 22.7 Å². The highest BCUT2D eigenvalue weighted by molar-refractivity contribution is 9.10. The number of carbonyl (C=O) groups excluding carboxylic acids is 1. The lowest BCUT2D eigenvalue weighted by molar-refractivity contribution is 0.0951. The van der Waals surface area contributed by atoms with Crippen molar-refractivity contribution in [1.82, 2.24) is 5.32 Å². The number of benzene rings is 1. The fraction of sp³-hybridized carbons (Fsp3) is 0.364. The third kappa shape index (κ3) is 3.77. The summed E-state index contributed by atoms with van der Waals surface area (Å²) in [5.41, 5.74) is 6.17. The van der Waals surface area contributed by atoms with Gasteiger partial charge in [-0.1, -0.05) is 34.5 Å². The molecule has 0 radical (unpaired) electrons. The molecule has 1 amide bonds. The largest absolute Gasteiger partial charge is 0.350 e. The van der Waals surface area contributed by atoms with Crippen molar-refractivity contribution in [3.63, 3.8) is 0 Å². The monoisotopic (exact) mass is 304 g/mol. The SMILES string of the molecule is CCC(N)CNC(=O)c1ccc(Br)cc1Cl. The van der Waals surface area contributed by atoms with Crippen LogP contribution < -0.4 is 11.1 Å². The molecule has 0 aliphatic heterocycles. The molecule has 0 aromatic heterocycles. The second kappa shape index (κ2) is 6.23. The number of halogens is 2. The molecule has 0 saturated heterocycles. The van der Waals surface area contributed by atoms with E-state index in [1.807, 2.05) is 6.92 Å². The standard InChI is InChI=1S/C11H14BrClN2O/c1-2-8(14)6-15-11(16)9-4-3-7(12)5-10(9)13/h3-5,8H,2,6,14H2,1H3,(H,15,16). The van der Waals surface area contributed by atoms with Gasteiger partial charge in [0.2, 0.25) is 0 Å². The van der Waals surface area contributed by atoms with E-state index in [1.54, 1.807) is 18.2 Å². The van der Waals surface area contributed by atoms with E-state index in [4.69, 9.17) is 17.3 Å². The van der Waals surface area contributed by atoms with Crippen molar-refractivity contribution in [3.05, 3.63) is 33.3 Å². The van der Waals surface area contributed by atoms with Gasteiger partial charge in [-0.25, -0.2) is 0 Å². The van der Waals surface area contributed by atoms with Gasteiger partial charge in [0.25, 0.3) is 5.91 Å². The topological polar surface area (TPSA) is 55.1 Å². The van der Waals surface area contributed by atoms with Gasteiger partial charge in [-0.05, 0) is 24.6 Å². The molecule has 1 unspecified atom stereocenters. The molecule has 3 nitrogen and oxygen atoms in total. The minimum atomic E-state index is -0.193. The first-order valence-corrected chi connectivity index (χ1v) is 6.20. The lowest BCUT2D eigenvalue weighted by atomic mass is 10.2. The Morgan fingerprint density at radius 1 is 1.62 bits per heavy atom. The van der Waals surface area contributed by atoms with Gasteiger partial charge in [-0.3, -0.25) is 4.79 Å². The summed E-state index contributed by atoms with van der Waals surface area (Å²) in [5, 5.41) is 3.17. The number of hydrogen-bond acceptors (Lipinski definition) is 2. The number of amides is 1. The highest BCUT2D eigenvalue weighted by Crippen LogP contribution is 2.21.